The predicted octanol–water partition coefficient (Wildman–Crippen LogP) is 4.74. The first-order valence-electron chi connectivity index (χ1n) is 8.89. The van der Waals surface area contributed by atoms with Gasteiger partial charge in [-0.1, -0.05) is 48.5 Å². The summed E-state index contributed by atoms with van der Waals surface area (Å²) in [4.78, 5) is 22.5. The van der Waals surface area contributed by atoms with Crippen molar-refractivity contribution < 1.29 is 9.53 Å². The zero-order valence-electron chi connectivity index (χ0n) is 15.9. The molecule has 0 bridgehead atoms. The molecule has 0 spiro atoms. The van der Waals surface area contributed by atoms with Crippen molar-refractivity contribution in [1.82, 2.24) is 14.5 Å². The van der Waals surface area contributed by atoms with Gasteiger partial charge in [0.15, 0.2) is 11.3 Å². The van der Waals surface area contributed by atoms with Crippen LogP contribution in [0.5, 0.6) is 0 Å². The lowest BCUT2D eigenvalue weighted by molar-refractivity contribution is 0.00638. The van der Waals surface area contributed by atoms with E-state index < -0.39 is 11.6 Å². The van der Waals surface area contributed by atoms with Gasteiger partial charge in [0.1, 0.15) is 16.8 Å². The predicted molar refractivity (Wildman–Crippen MR) is 107 cm³/mol. The van der Waals surface area contributed by atoms with Crippen LogP contribution in [0.4, 0.5) is 0 Å². The van der Waals surface area contributed by atoms with E-state index >= 15 is 0 Å². The molecule has 0 unspecified atom stereocenters. The van der Waals surface area contributed by atoms with Crippen LogP contribution in [0.25, 0.3) is 33.3 Å². The second-order valence-corrected chi connectivity index (χ2v) is 7.54. The van der Waals surface area contributed by atoms with Crippen LogP contribution in [0.2, 0.25) is 0 Å². The van der Waals surface area contributed by atoms with E-state index in [1.54, 1.807) is 0 Å². The first-order valence-corrected chi connectivity index (χ1v) is 8.89. The summed E-state index contributed by atoms with van der Waals surface area (Å²) in [5, 5.41) is 1.01. The van der Waals surface area contributed by atoms with Crippen LogP contribution in [-0.4, -0.2) is 26.1 Å². The Morgan fingerprint density at radius 3 is 2.33 bits per heavy atom. The average molecular weight is 359 g/mol. The Morgan fingerprint density at radius 2 is 1.63 bits per heavy atom. The summed E-state index contributed by atoms with van der Waals surface area (Å²) in [7, 11) is 1.93. The molecule has 2 aromatic heterocycles. The minimum absolute atomic E-state index is 0.231. The molecule has 4 rings (SSSR count). The molecule has 0 atom stereocenters. The van der Waals surface area contributed by atoms with Gasteiger partial charge in [0.05, 0.1) is 5.52 Å². The molecule has 0 fully saturated rings. The summed E-state index contributed by atoms with van der Waals surface area (Å²) in [6.07, 6.45) is 0. The van der Waals surface area contributed by atoms with E-state index in [0.29, 0.717) is 11.3 Å². The minimum Gasteiger partial charge on any atom is -0.455 e. The molecular formula is C22H21N3O2. The van der Waals surface area contributed by atoms with Crippen molar-refractivity contribution in [3.05, 3.63) is 60.3 Å². The number of carbonyl (C=O) groups is 1. The normalized spacial score (nSPS) is 11.9. The number of hydrogen-bond acceptors (Lipinski definition) is 4. The Kier molecular flexibility index (Phi) is 3.95. The van der Waals surface area contributed by atoms with Gasteiger partial charge in [-0.2, -0.15) is 0 Å². The molecular weight excluding hydrogens is 338 g/mol. The summed E-state index contributed by atoms with van der Waals surface area (Å²) in [6, 6.07) is 17.6. The lowest BCUT2D eigenvalue weighted by Crippen LogP contribution is -2.25. The second kappa shape index (κ2) is 6.20. The van der Waals surface area contributed by atoms with Gasteiger partial charge < -0.3 is 9.30 Å². The van der Waals surface area contributed by atoms with Crippen molar-refractivity contribution >= 4 is 28.0 Å². The standard InChI is InChI=1S/C22H21N3O2/c1-22(2,3)27-21(26)19-17(14-10-6-5-7-11-14)23-18-15-12-8-9-13-16(15)25(4)20(18)24-19/h5-13H,1-4H3. The van der Waals surface area contributed by atoms with Crippen molar-refractivity contribution in [2.45, 2.75) is 26.4 Å². The van der Waals surface area contributed by atoms with Gasteiger partial charge in [0.25, 0.3) is 0 Å². The fourth-order valence-electron chi connectivity index (χ4n) is 3.19. The zero-order valence-corrected chi connectivity index (χ0v) is 15.9. The number of rotatable bonds is 2. The smallest absolute Gasteiger partial charge is 0.359 e. The number of aromatic nitrogens is 3. The molecule has 2 heterocycles. The molecule has 136 valence electrons. The second-order valence-electron chi connectivity index (χ2n) is 7.54. The van der Waals surface area contributed by atoms with E-state index in [9.17, 15) is 4.79 Å². The highest BCUT2D eigenvalue weighted by molar-refractivity contribution is 6.06. The van der Waals surface area contributed by atoms with Gasteiger partial charge in [-0.3, -0.25) is 0 Å². The lowest BCUT2D eigenvalue weighted by Gasteiger charge is -2.20. The first kappa shape index (κ1) is 17.2. The third-order valence-corrected chi connectivity index (χ3v) is 4.36. The quantitative estimate of drug-likeness (QED) is 0.485. The number of benzene rings is 2. The first-order chi connectivity index (χ1) is 12.8. The Hall–Kier alpha value is -3.21. The van der Waals surface area contributed by atoms with Crippen LogP contribution in [0.3, 0.4) is 0 Å². The summed E-state index contributed by atoms with van der Waals surface area (Å²) in [5.41, 5.74) is 3.45. The maximum Gasteiger partial charge on any atom is 0.359 e. The third-order valence-electron chi connectivity index (χ3n) is 4.36. The highest BCUT2D eigenvalue weighted by atomic mass is 16.6. The maximum atomic E-state index is 12.9. The summed E-state index contributed by atoms with van der Waals surface area (Å²) >= 11 is 0. The number of esters is 1. The highest BCUT2D eigenvalue weighted by Crippen LogP contribution is 2.30. The fraction of sp³-hybridized carbons (Fsp3) is 0.227. The monoisotopic (exact) mass is 359 g/mol. The molecule has 4 aromatic rings. The van der Waals surface area contributed by atoms with Gasteiger partial charge in [0, 0.05) is 18.0 Å². The van der Waals surface area contributed by atoms with E-state index in [2.05, 4.69) is 0 Å². The van der Waals surface area contributed by atoms with Gasteiger partial charge in [-0.25, -0.2) is 14.8 Å². The summed E-state index contributed by atoms with van der Waals surface area (Å²) in [6.45, 7) is 5.53. The fourth-order valence-corrected chi connectivity index (χ4v) is 3.19. The highest BCUT2D eigenvalue weighted by Gasteiger charge is 2.25. The number of carbonyl (C=O) groups excluding carboxylic acids is 1. The van der Waals surface area contributed by atoms with Crippen molar-refractivity contribution in [1.29, 1.82) is 0 Å². The number of fused-ring (bicyclic) bond motifs is 3. The molecule has 0 saturated carbocycles. The van der Waals surface area contributed by atoms with Crippen molar-refractivity contribution in [3.8, 4) is 11.3 Å². The Morgan fingerprint density at radius 1 is 0.963 bits per heavy atom. The molecule has 2 aromatic carbocycles. The molecule has 0 radical (unpaired) electrons. The van der Waals surface area contributed by atoms with E-state index in [1.165, 1.54) is 0 Å². The summed E-state index contributed by atoms with van der Waals surface area (Å²) in [5.74, 6) is -0.471. The topological polar surface area (TPSA) is 57.0 Å². The number of hydrogen-bond donors (Lipinski definition) is 0. The minimum atomic E-state index is -0.611. The van der Waals surface area contributed by atoms with Crippen molar-refractivity contribution in [2.75, 3.05) is 0 Å². The molecule has 0 aliphatic carbocycles. The van der Waals surface area contributed by atoms with Gasteiger partial charge in [-0.15, -0.1) is 0 Å². The third kappa shape index (κ3) is 3.05. The zero-order chi connectivity index (χ0) is 19.2. The molecule has 5 nitrogen and oxygen atoms in total. The molecule has 27 heavy (non-hydrogen) atoms. The maximum absolute atomic E-state index is 12.9. The van der Waals surface area contributed by atoms with Crippen LogP contribution in [-0.2, 0) is 11.8 Å². The van der Waals surface area contributed by atoms with Crippen LogP contribution in [0.1, 0.15) is 31.3 Å². The van der Waals surface area contributed by atoms with E-state index in [1.807, 2.05) is 87.0 Å². The summed E-state index contributed by atoms with van der Waals surface area (Å²) < 4.78 is 7.56. The Balaban J connectivity index is 2.03. The van der Waals surface area contributed by atoms with E-state index in [4.69, 9.17) is 14.7 Å². The van der Waals surface area contributed by atoms with Crippen LogP contribution < -0.4 is 0 Å². The van der Waals surface area contributed by atoms with Crippen LogP contribution >= 0.6 is 0 Å². The number of aryl methyl sites for hydroxylation is 1. The van der Waals surface area contributed by atoms with Crippen molar-refractivity contribution in [2.24, 2.45) is 7.05 Å². The SMILES string of the molecule is Cn1c2ccccc2c2nc(-c3ccccc3)c(C(=O)OC(C)(C)C)nc21. The Labute approximate surface area is 157 Å². The van der Waals surface area contributed by atoms with Gasteiger partial charge in [-0.05, 0) is 26.8 Å². The largest absolute Gasteiger partial charge is 0.455 e. The molecule has 0 aliphatic rings. The molecule has 5 heteroatoms. The van der Waals surface area contributed by atoms with Crippen LogP contribution in [0, 0.1) is 0 Å². The average Bonchev–Trinajstić information content (AvgIpc) is 2.92. The van der Waals surface area contributed by atoms with Crippen LogP contribution in [0.15, 0.2) is 54.6 Å². The number of para-hydroxylation sites is 1. The molecule has 0 saturated heterocycles. The van der Waals surface area contributed by atoms with E-state index in [0.717, 1.165) is 22.0 Å². The van der Waals surface area contributed by atoms with E-state index in [-0.39, 0.29) is 5.69 Å². The van der Waals surface area contributed by atoms with Gasteiger partial charge >= 0.3 is 5.97 Å². The lowest BCUT2D eigenvalue weighted by atomic mass is 10.1. The Bertz CT molecular complexity index is 1160. The van der Waals surface area contributed by atoms with Gasteiger partial charge in [0.2, 0.25) is 0 Å². The molecule has 0 aliphatic heterocycles. The molecule has 0 amide bonds. The molecule has 0 N–H and O–H groups in total. The number of nitrogens with zero attached hydrogens (tertiary/aromatic N) is 3. The van der Waals surface area contributed by atoms with Crippen molar-refractivity contribution in [3.63, 3.8) is 0 Å². The number of ether oxygens (including phenoxy) is 1.